The van der Waals surface area contributed by atoms with Gasteiger partial charge in [-0.25, -0.2) is 4.79 Å². The number of carboxylic acids is 1. The third-order valence-electron chi connectivity index (χ3n) is 2.83. The number of aliphatic hydroxyl groups is 2. The first-order valence-electron chi connectivity index (χ1n) is 5.42. The number of urea groups is 1. The maximum Gasteiger partial charge on any atom is 0.319 e. The highest BCUT2D eigenvalue weighted by Crippen LogP contribution is 2.12. The number of aliphatic hydroxyl groups excluding tert-OH is 2. The normalized spacial score (nSPS) is 25.8. The van der Waals surface area contributed by atoms with E-state index >= 15 is 0 Å². The third kappa shape index (κ3) is 3.31. The third-order valence-corrected chi connectivity index (χ3v) is 2.83. The molecule has 1 fully saturated rings. The van der Waals surface area contributed by atoms with Gasteiger partial charge in [0, 0.05) is 13.6 Å². The van der Waals surface area contributed by atoms with Gasteiger partial charge in [-0.3, -0.25) is 4.79 Å². The maximum absolute atomic E-state index is 11.8. The lowest BCUT2D eigenvalue weighted by Gasteiger charge is -2.25. The molecule has 1 aliphatic rings. The second-order valence-corrected chi connectivity index (χ2v) is 4.44. The fourth-order valence-electron chi connectivity index (χ4n) is 1.73. The molecule has 2 amide bonds. The summed E-state index contributed by atoms with van der Waals surface area (Å²) < 4.78 is 0. The lowest BCUT2D eigenvalue weighted by atomic mass is 10.2. The summed E-state index contributed by atoms with van der Waals surface area (Å²) in [5.41, 5.74) is 0. The molecule has 7 heteroatoms. The first-order chi connectivity index (χ1) is 7.82. The van der Waals surface area contributed by atoms with Crippen LogP contribution in [0.25, 0.3) is 0 Å². The maximum atomic E-state index is 11.8. The predicted octanol–water partition coefficient (Wildman–Crippen LogP) is -1.20. The SMILES string of the molecule is CC(CN(C)C(=O)N1CC(O)C(O)C1)C(=O)O. The first-order valence-corrected chi connectivity index (χ1v) is 5.42. The monoisotopic (exact) mass is 246 g/mol. The minimum Gasteiger partial charge on any atom is -0.481 e. The van der Waals surface area contributed by atoms with Crippen LogP contribution >= 0.6 is 0 Å². The molecule has 0 radical (unpaired) electrons. The molecule has 7 nitrogen and oxygen atoms in total. The topological polar surface area (TPSA) is 101 Å². The number of nitrogens with zero attached hydrogens (tertiary/aromatic N) is 2. The van der Waals surface area contributed by atoms with Crippen LogP contribution in [0.3, 0.4) is 0 Å². The van der Waals surface area contributed by atoms with E-state index in [1.165, 1.54) is 23.8 Å². The molecule has 1 rings (SSSR count). The van der Waals surface area contributed by atoms with E-state index < -0.39 is 24.1 Å². The highest BCUT2D eigenvalue weighted by Gasteiger charge is 2.34. The summed E-state index contributed by atoms with van der Waals surface area (Å²) in [6.45, 7) is 1.76. The minimum atomic E-state index is -0.967. The summed E-state index contributed by atoms with van der Waals surface area (Å²) in [4.78, 5) is 25.1. The van der Waals surface area contributed by atoms with E-state index in [4.69, 9.17) is 5.11 Å². The van der Waals surface area contributed by atoms with Crippen molar-refractivity contribution >= 4 is 12.0 Å². The number of hydrogen-bond donors (Lipinski definition) is 3. The fourth-order valence-corrected chi connectivity index (χ4v) is 1.73. The van der Waals surface area contributed by atoms with Gasteiger partial charge >= 0.3 is 12.0 Å². The highest BCUT2D eigenvalue weighted by atomic mass is 16.4. The van der Waals surface area contributed by atoms with E-state index in [9.17, 15) is 19.8 Å². The second-order valence-electron chi connectivity index (χ2n) is 4.44. The highest BCUT2D eigenvalue weighted by molar-refractivity contribution is 5.76. The molecule has 0 bridgehead atoms. The van der Waals surface area contributed by atoms with E-state index in [-0.39, 0.29) is 25.7 Å². The number of likely N-dealkylation sites (tertiary alicyclic amines) is 1. The average molecular weight is 246 g/mol. The summed E-state index contributed by atoms with van der Waals surface area (Å²) in [5.74, 6) is -1.62. The van der Waals surface area contributed by atoms with Crippen molar-refractivity contribution < 1.29 is 24.9 Å². The Labute approximate surface area is 99.2 Å². The number of β-amino-alcohol motifs (C(OH)–C–C–N with tert-alkyl or cyclic N) is 2. The number of aliphatic carboxylic acids is 1. The number of carbonyl (C=O) groups excluding carboxylic acids is 1. The van der Waals surface area contributed by atoms with E-state index in [0.717, 1.165) is 0 Å². The van der Waals surface area contributed by atoms with Gasteiger partial charge in [-0.2, -0.15) is 0 Å². The molecule has 1 heterocycles. The van der Waals surface area contributed by atoms with Crippen LogP contribution in [0.4, 0.5) is 4.79 Å². The van der Waals surface area contributed by atoms with Gasteiger partial charge in [0.05, 0.1) is 31.2 Å². The molecule has 0 saturated carbocycles. The zero-order chi connectivity index (χ0) is 13.2. The molecule has 3 unspecified atom stereocenters. The summed E-state index contributed by atoms with van der Waals surface area (Å²) in [6.07, 6.45) is -1.85. The summed E-state index contributed by atoms with van der Waals surface area (Å²) >= 11 is 0. The van der Waals surface area contributed by atoms with Gasteiger partial charge in [-0.1, -0.05) is 6.92 Å². The van der Waals surface area contributed by atoms with E-state index in [1.807, 2.05) is 0 Å². The summed E-state index contributed by atoms with van der Waals surface area (Å²) in [5, 5.41) is 27.4. The van der Waals surface area contributed by atoms with Crippen molar-refractivity contribution in [2.45, 2.75) is 19.1 Å². The number of carboxylic acid groups (broad SMARTS) is 1. The quantitative estimate of drug-likeness (QED) is 0.580. The molecular weight excluding hydrogens is 228 g/mol. The van der Waals surface area contributed by atoms with Gasteiger partial charge in [0.1, 0.15) is 0 Å². The zero-order valence-corrected chi connectivity index (χ0v) is 9.91. The van der Waals surface area contributed by atoms with Crippen LogP contribution < -0.4 is 0 Å². The first kappa shape index (κ1) is 13.7. The Hall–Kier alpha value is -1.34. The summed E-state index contributed by atoms with van der Waals surface area (Å²) in [7, 11) is 1.50. The molecule has 0 aromatic heterocycles. The molecule has 0 aromatic carbocycles. The molecule has 3 atom stereocenters. The molecule has 17 heavy (non-hydrogen) atoms. The molecular formula is C10H18N2O5. The van der Waals surface area contributed by atoms with Gasteiger partial charge in [-0.15, -0.1) is 0 Å². The lowest BCUT2D eigenvalue weighted by molar-refractivity contribution is -0.141. The smallest absolute Gasteiger partial charge is 0.319 e. The van der Waals surface area contributed by atoms with E-state index in [0.29, 0.717) is 0 Å². The zero-order valence-electron chi connectivity index (χ0n) is 9.91. The Bertz CT molecular complexity index is 299. The van der Waals surface area contributed by atoms with Gasteiger partial charge in [0.25, 0.3) is 0 Å². The Morgan fingerprint density at radius 2 is 1.82 bits per heavy atom. The van der Waals surface area contributed by atoms with Crippen molar-refractivity contribution in [2.24, 2.45) is 5.92 Å². The van der Waals surface area contributed by atoms with Crippen LogP contribution in [0, 0.1) is 5.92 Å². The number of amides is 2. The van der Waals surface area contributed by atoms with E-state index in [2.05, 4.69) is 0 Å². The average Bonchev–Trinajstić information content (AvgIpc) is 2.57. The van der Waals surface area contributed by atoms with Crippen LogP contribution in [0.2, 0.25) is 0 Å². The second kappa shape index (κ2) is 5.33. The fraction of sp³-hybridized carbons (Fsp3) is 0.800. The minimum absolute atomic E-state index is 0.0752. The summed E-state index contributed by atoms with van der Waals surface area (Å²) in [6, 6.07) is -0.381. The Morgan fingerprint density at radius 3 is 2.24 bits per heavy atom. The molecule has 0 aromatic rings. The van der Waals surface area contributed by atoms with Gasteiger partial charge in [-0.05, 0) is 0 Å². The van der Waals surface area contributed by atoms with Crippen LogP contribution in [-0.4, -0.2) is 76.0 Å². The number of rotatable bonds is 3. The van der Waals surface area contributed by atoms with E-state index in [1.54, 1.807) is 0 Å². The molecule has 98 valence electrons. The lowest BCUT2D eigenvalue weighted by Crippen LogP contribution is -2.43. The van der Waals surface area contributed by atoms with Crippen LogP contribution in [0.15, 0.2) is 0 Å². The standard InChI is InChI=1S/C10H18N2O5/c1-6(9(15)16)3-11(2)10(17)12-4-7(13)8(14)5-12/h6-8,13-14H,3-5H2,1-2H3,(H,15,16). The van der Waals surface area contributed by atoms with Gasteiger partial charge in [0.15, 0.2) is 0 Å². The Morgan fingerprint density at radius 1 is 1.35 bits per heavy atom. The van der Waals surface area contributed by atoms with Gasteiger partial charge in [0.2, 0.25) is 0 Å². The Balaban J connectivity index is 2.50. The predicted molar refractivity (Wildman–Crippen MR) is 58.4 cm³/mol. The van der Waals surface area contributed by atoms with Crippen molar-refractivity contribution in [3.63, 3.8) is 0 Å². The van der Waals surface area contributed by atoms with Crippen LogP contribution in [0.1, 0.15) is 6.92 Å². The van der Waals surface area contributed by atoms with Gasteiger partial charge < -0.3 is 25.1 Å². The molecule has 1 aliphatic heterocycles. The number of carbonyl (C=O) groups is 2. The van der Waals surface area contributed by atoms with Crippen LogP contribution in [-0.2, 0) is 4.79 Å². The number of hydrogen-bond acceptors (Lipinski definition) is 4. The molecule has 0 spiro atoms. The van der Waals surface area contributed by atoms with Crippen LogP contribution in [0.5, 0.6) is 0 Å². The van der Waals surface area contributed by atoms with Crippen molar-refractivity contribution in [2.75, 3.05) is 26.7 Å². The largest absolute Gasteiger partial charge is 0.481 e. The van der Waals surface area contributed by atoms with Crippen molar-refractivity contribution in [1.29, 1.82) is 0 Å². The Kier molecular flexibility index (Phi) is 4.30. The molecule has 1 saturated heterocycles. The van der Waals surface area contributed by atoms with Crippen molar-refractivity contribution in [3.05, 3.63) is 0 Å². The molecule has 3 N–H and O–H groups in total. The molecule has 0 aliphatic carbocycles. The van der Waals surface area contributed by atoms with Crippen molar-refractivity contribution in [3.8, 4) is 0 Å². The van der Waals surface area contributed by atoms with Crippen molar-refractivity contribution in [1.82, 2.24) is 9.80 Å².